The number of nitrogens with zero attached hydrogens (tertiary/aromatic N) is 2. The van der Waals surface area contributed by atoms with Gasteiger partial charge < -0.3 is 9.69 Å². The number of rotatable bonds is 0. The van der Waals surface area contributed by atoms with Crippen LogP contribution < -0.4 is 0 Å². The fourth-order valence-electron chi connectivity index (χ4n) is 1.40. The van der Waals surface area contributed by atoms with Gasteiger partial charge >= 0.3 is 0 Å². The van der Waals surface area contributed by atoms with E-state index in [1.54, 1.807) is 0 Å². The lowest BCUT2D eigenvalue weighted by molar-refractivity contribution is 0.469. The minimum absolute atomic E-state index is 0.0594. The van der Waals surface area contributed by atoms with Crippen LogP contribution in [-0.2, 0) is 0 Å². The topological polar surface area (TPSA) is 8.72 Å². The van der Waals surface area contributed by atoms with Gasteiger partial charge in [-0.15, -0.1) is 0 Å². The molecule has 1 fully saturated rings. The van der Waals surface area contributed by atoms with Crippen molar-refractivity contribution in [3.05, 3.63) is 22.8 Å². The van der Waals surface area contributed by atoms with Crippen LogP contribution in [0, 0.1) is 13.1 Å². The molecule has 0 saturated heterocycles. The van der Waals surface area contributed by atoms with Crippen molar-refractivity contribution < 1.29 is 0 Å². The number of thiol groups is 1. The van der Waals surface area contributed by atoms with Crippen LogP contribution >= 0.6 is 12.6 Å². The Labute approximate surface area is 72.6 Å². The second-order valence-corrected chi connectivity index (χ2v) is 3.59. The van der Waals surface area contributed by atoms with Crippen molar-refractivity contribution in [3.8, 4) is 0 Å². The minimum atomic E-state index is -0.0938. The fourth-order valence-corrected chi connectivity index (χ4v) is 1.76. The quantitative estimate of drug-likeness (QED) is 0.416. The monoisotopic (exact) mass is 166 g/mol. The van der Waals surface area contributed by atoms with Crippen LogP contribution in [0.3, 0.4) is 0 Å². The number of hydrogen-bond acceptors (Lipinski definition) is 1. The molecular formula is C8H10N2S. The highest BCUT2D eigenvalue weighted by Crippen LogP contribution is 2.27. The molecule has 1 saturated carbocycles. The maximum atomic E-state index is 6.87. The molecule has 0 aromatic heterocycles. The first-order valence-electron chi connectivity index (χ1n) is 3.69. The van der Waals surface area contributed by atoms with Gasteiger partial charge in [0.1, 0.15) is 0 Å². The molecule has 0 bridgehead atoms. The molecule has 2 nitrogen and oxygen atoms in total. The Morgan fingerprint density at radius 3 is 2.27 bits per heavy atom. The van der Waals surface area contributed by atoms with Crippen molar-refractivity contribution >= 4 is 12.6 Å². The standard InChI is InChI=1S/C8H10N2S/c1-9-7-4-3-6(11)5-8(7)10-2/h6-8,11H,3-5H2. The predicted octanol–water partition coefficient (Wildman–Crippen LogP) is 2.04. The van der Waals surface area contributed by atoms with E-state index in [1.807, 2.05) is 0 Å². The zero-order chi connectivity index (χ0) is 8.27. The molecule has 1 rings (SSSR count). The molecule has 0 radical (unpaired) electrons. The van der Waals surface area contributed by atoms with Crippen molar-refractivity contribution in [2.75, 3.05) is 0 Å². The Balaban J connectivity index is 2.59. The highest BCUT2D eigenvalue weighted by atomic mass is 32.1. The van der Waals surface area contributed by atoms with Gasteiger partial charge in [0, 0.05) is 18.1 Å². The van der Waals surface area contributed by atoms with Crippen LogP contribution in [0.1, 0.15) is 19.3 Å². The summed E-state index contributed by atoms with van der Waals surface area (Å²) in [5, 5.41) is 0.340. The van der Waals surface area contributed by atoms with Crippen LogP contribution in [0.4, 0.5) is 0 Å². The molecule has 0 spiro atoms. The lowest BCUT2D eigenvalue weighted by Gasteiger charge is -2.18. The molecule has 1 aliphatic carbocycles. The second-order valence-electron chi connectivity index (χ2n) is 2.86. The normalized spacial score (nSPS) is 37.2. The predicted molar refractivity (Wildman–Crippen MR) is 47.4 cm³/mol. The minimum Gasteiger partial charge on any atom is -0.305 e. The van der Waals surface area contributed by atoms with E-state index in [2.05, 4.69) is 22.3 Å². The van der Waals surface area contributed by atoms with E-state index in [4.69, 9.17) is 13.1 Å². The van der Waals surface area contributed by atoms with Gasteiger partial charge in [-0.3, -0.25) is 0 Å². The Morgan fingerprint density at radius 2 is 1.73 bits per heavy atom. The first-order valence-corrected chi connectivity index (χ1v) is 4.20. The van der Waals surface area contributed by atoms with Crippen LogP contribution in [0.2, 0.25) is 0 Å². The molecule has 58 valence electrons. The lowest BCUT2D eigenvalue weighted by atomic mass is 9.91. The van der Waals surface area contributed by atoms with Gasteiger partial charge in [0.05, 0.1) is 0 Å². The summed E-state index contributed by atoms with van der Waals surface area (Å²) in [6, 6.07) is -0.153. The summed E-state index contributed by atoms with van der Waals surface area (Å²) in [4.78, 5) is 6.87. The summed E-state index contributed by atoms with van der Waals surface area (Å²) in [6.45, 7) is 13.7. The first-order chi connectivity index (χ1) is 5.27. The third kappa shape index (κ3) is 1.88. The van der Waals surface area contributed by atoms with Gasteiger partial charge in [0.25, 0.3) is 12.1 Å². The smallest absolute Gasteiger partial charge is 0.297 e. The van der Waals surface area contributed by atoms with Gasteiger partial charge in [0.15, 0.2) is 0 Å². The van der Waals surface area contributed by atoms with Crippen LogP contribution in [0.15, 0.2) is 0 Å². The van der Waals surface area contributed by atoms with Crippen LogP contribution in [-0.4, -0.2) is 17.3 Å². The molecule has 0 aliphatic heterocycles. The molecule has 3 atom stereocenters. The van der Waals surface area contributed by atoms with E-state index in [0.717, 1.165) is 19.3 Å². The second kappa shape index (κ2) is 3.64. The Bertz CT molecular complexity index is 213. The average molecular weight is 166 g/mol. The van der Waals surface area contributed by atoms with Crippen LogP contribution in [0.25, 0.3) is 9.69 Å². The van der Waals surface area contributed by atoms with E-state index >= 15 is 0 Å². The van der Waals surface area contributed by atoms with Gasteiger partial charge in [0.2, 0.25) is 0 Å². The fraction of sp³-hybridized carbons (Fsp3) is 0.750. The Hall–Kier alpha value is -0.670. The Kier molecular flexibility index (Phi) is 2.79. The summed E-state index contributed by atoms with van der Waals surface area (Å²) >= 11 is 4.31. The SMILES string of the molecule is [C-]#[N+]C1CCC(S)CC1[N+]#[C-]. The summed E-state index contributed by atoms with van der Waals surface area (Å²) in [5.74, 6) is 0. The largest absolute Gasteiger partial charge is 0.305 e. The molecule has 11 heavy (non-hydrogen) atoms. The maximum Gasteiger partial charge on any atom is 0.297 e. The van der Waals surface area contributed by atoms with Crippen molar-refractivity contribution in [1.29, 1.82) is 0 Å². The van der Waals surface area contributed by atoms with Gasteiger partial charge in [-0.2, -0.15) is 12.6 Å². The molecule has 3 heteroatoms. The van der Waals surface area contributed by atoms with Crippen LogP contribution in [0.5, 0.6) is 0 Å². The zero-order valence-corrected chi connectivity index (χ0v) is 7.09. The summed E-state index contributed by atoms with van der Waals surface area (Å²) in [6.07, 6.45) is 2.63. The van der Waals surface area contributed by atoms with Crippen molar-refractivity contribution in [2.45, 2.75) is 36.6 Å². The van der Waals surface area contributed by atoms with E-state index in [0.29, 0.717) is 5.25 Å². The molecule has 0 aromatic rings. The Morgan fingerprint density at radius 1 is 1.09 bits per heavy atom. The molecular weight excluding hydrogens is 156 g/mol. The average Bonchev–Trinajstić information content (AvgIpc) is 2.04. The summed E-state index contributed by atoms with van der Waals surface area (Å²) in [7, 11) is 0. The molecule has 3 unspecified atom stereocenters. The molecule has 1 aliphatic rings. The third-order valence-electron chi connectivity index (χ3n) is 2.09. The third-order valence-corrected chi connectivity index (χ3v) is 2.55. The first kappa shape index (κ1) is 8.43. The summed E-state index contributed by atoms with van der Waals surface area (Å²) in [5.41, 5.74) is 0. The van der Waals surface area contributed by atoms with E-state index in [9.17, 15) is 0 Å². The number of hydrogen-bond donors (Lipinski definition) is 1. The summed E-state index contributed by atoms with van der Waals surface area (Å²) < 4.78 is 0. The van der Waals surface area contributed by atoms with E-state index in [1.165, 1.54) is 0 Å². The van der Waals surface area contributed by atoms with E-state index < -0.39 is 0 Å². The van der Waals surface area contributed by atoms with Gasteiger partial charge in [-0.05, 0) is 6.42 Å². The van der Waals surface area contributed by atoms with Gasteiger partial charge in [-0.1, -0.05) is 0 Å². The zero-order valence-electron chi connectivity index (χ0n) is 6.20. The molecule has 0 N–H and O–H groups in total. The van der Waals surface area contributed by atoms with Gasteiger partial charge in [-0.25, -0.2) is 13.1 Å². The van der Waals surface area contributed by atoms with Crippen molar-refractivity contribution in [2.24, 2.45) is 0 Å². The van der Waals surface area contributed by atoms with Crippen molar-refractivity contribution in [3.63, 3.8) is 0 Å². The maximum absolute atomic E-state index is 6.87. The lowest BCUT2D eigenvalue weighted by Crippen LogP contribution is -2.29. The molecule has 0 aromatic carbocycles. The highest BCUT2D eigenvalue weighted by Gasteiger charge is 2.37. The van der Waals surface area contributed by atoms with Crippen molar-refractivity contribution in [1.82, 2.24) is 0 Å². The molecule has 0 amide bonds. The molecule has 0 heterocycles. The highest BCUT2D eigenvalue weighted by molar-refractivity contribution is 7.80. The van der Waals surface area contributed by atoms with E-state index in [-0.39, 0.29) is 12.1 Å².